The van der Waals surface area contributed by atoms with Crippen LogP contribution in [0.1, 0.15) is 48.9 Å². The summed E-state index contributed by atoms with van der Waals surface area (Å²) in [6, 6.07) is 10.1. The number of aromatic nitrogens is 2. The molecule has 1 saturated heterocycles. The van der Waals surface area contributed by atoms with Gasteiger partial charge in [0.2, 0.25) is 11.8 Å². The van der Waals surface area contributed by atoms with Gasteiger partial charge in [0.15, 0.2) is 5.82 Å². The first kappa shape index (κ1) is 16.4. The highest BCUT2D eigenvalue weighted by molar-refractivity contribution is 5.76. The fourth-order valence-electron chi connectivity index (χ4n) is 3.04. The van der Waals surface area contributed by atoms with Crippen molar-refractivity contribution in [2.45, 2.75) is 38.5 Å². The molecule has 1 aromatic carbocycles. The van der Waals surface area contributed by atoms with Gasteiger partial charge in [-0.1, -0.05) is 47.6 Å². The third-order valence-corrected chi connectivity index (χ3v) is 4.32. The largest absolute Gasteiger partial charge is 0.342 e. The molecule has 2 heterocycles. The Morgan fingerprint density at radius 1 is 1.38 bits per heavy atom. The van der Waals surface area contributed by atoms with Crippen molar-refractivity contribution in [3.63, 3.8) is 0 Å². The molecule has 3 rings (SSSR count). The summed E-state index contributed by atoms with van der Waals surface area (Å²) in [5.74, 6) is 1.71. The van der Waals surface area contributed by atoms with E-state index < -0.39 is 0 Å². The van der Waals surface area contributed by atoms with Crippen LogP contribution in [0.4, 0.5) is 0 Å². The molecule has 1 aromatic heterocycles. The molecule has 1 fully saturated rings. The van der Waals surface area contributed by atoms with E-state index in [1.54, 1.807) is 6.92 Å². The lowest BCUT2D eigenvalue weighted by atomic mass is 9.97. The van der Waals surface area contributed by atoms with Crippen LogP contribution in [0.5, 0.6) is 0 Å². The van der Waals surface area contributed by atoms with Crippen LogP contribution in [-0.2, 0) is 4.79 Å². The lowest BCUT2D eigenvalue weighted by Gasteiger charge is -2.31. The maximum absolute atomic E-state index is 12.4. The molecule has 0 bridgehead atoms. The topological polar surface area (TPSA) is 59.2 Å². The standard InChI is InChI=1S/C19H23N3O2/c1-15-20-19(21-24-15)17-11-7-13-22(14-17)18(23)12-6-5-10-16-8-3-2-4-9-16/h2-5,8-10,17H,6-7,11-14H2,1H3/b10-5-/t17-/m0/s1. The Morgan fingerprint density at radius 2 is 2.21 bits per heavy atom. The van der Waals surface area contributed by atoms with E-state index in [1.165, 1.54) is 0 Å². The number of rotatable bonds is 5. The zero-order valence-corrected chi connectivity index (χ0v) is 14.0. The van der Waals surface area contributed by atoms with Gasteiger partial charge in [-0.3, -0.25) is 4.79 Å². The minimum atomic E-state index is 0.194. The van der Waals surface area contributed by atoms with Crippen molar-refractivity contribution in [3.05, 3.63) is 53.7 Å². The number of hydrogen-bond donors (Lipinski definition) is 0. The molecular weight excluding hydrogens is 302 g/mol. The monoisotopic (exact) mass is 325 g/mol. The molecular formula is C19H23N3O2. The van der Waals surface area contributed by atoms with Gasteiger partial charge in [0.25, 0.3) is 0 Å². The number of benzene rings is 1. The fourth-order valence-corrected chi connectivity index (χ4v) is 3.04. The third-order valence-electron chi connectivity index (χ3n) is 4.32. The predicted molar refractivity (Wildman–Crippen MR) is 92.3 cm³/mol. The molecule has 0 N–H and O–H groups in total. The lowest BCUT2D eigenvalue weighted by molar-refractivity contribution is -0.132. The molecule has 126 valence electrons. The Labute approximate surface area is 142 Å². The summed E-state index contributed by atoms with van der Waals surface area (Å²) in [6.07, 6.45) is 7.43. The Bertz CT molecular complexity index is 694. The number of amides is 1. The van der Waals surface area contributed by atoms with Crippen LogP contribution in [0.15, 0.2) is 40.9 Å². The van der Waals surface area contributed by atoms with Crippen molar-refractivity contribution in [1.29, 1.82) is 0 Å². The van der Waals surface area contributed by atoms with E-state index in [9.17, 15) is 4.79 Å². The van der Waals surface area contributed by atoms with Gasteiger partial charge >= 0.3 is 0 Å². The first-order valence-electron chi connectivity index (χ1n) is 8.52. The van der Waals surface area contributed by atoms with E-state index in [0.29, 0.717) is 18.9 Å². The highest BCUT2D eigenvalue weighted by Gasteiger charge is 2.27. The second kappa shape index (κ2) is 7.90. The number of carbonyl (C=O) groups is 1. The van der Waals surface area contributed by atoms with Crippen molar-refractivity contribution >= 4 is 12.0 Å². The number of likely N-dealkylation sites (tertiary alicyclic amines) is 1. The molecule has 0 radical (unpaired) electrons. The normalized spacial score (nSPS) is 18.2. The van der Waals surface area contributed by atoms with Crippen LogP contribution >= 0.6 is 0 Å². The van der Waals surface area contributed by atoms with Crippen LogP contribution in [0.25, 0.3) is 6.08 Å². The highest BCUT2D eigenvalue weighted by atomic mass is 16.5. The first-order chi connectivity index (χ1) is 11.7. The Balaban J connectivity index is 1.48. The van der Waals surface area contributed by atoms with E-state index >= 15 is 0 Å². The molecule has 5 nitrogen and oxygen atoms in total. The van der Waals surface area contributed by atoms with E-state index in [2.05, 4.69) is 34.4 Å². The summed E-state index contributed by atoms with van der Waals surface area (Å²) in [5.41, 5.74) is 1.16. The maximum Gasteiger partial charge on any atom is 0.223 e. The Morgan fingerprint density at radius 3 is 2.96 bits per heavy atom. The number of piperidine rings is 1. The highest BCUT2D eigenvalue weighted by Crippen LogP contribution is 2.25. The predicted octanol–water partition coefficient (Wildman–Crippen LogP) is 3.58. The van der Waals surface area contributed by atoms with Crippen molar-refractivity contribution in [1.82, 2.24) is 15.0 Å². The van der Waals surface area contributed by atoms with Crippen LogP contribution < -0.4 is 0 Å². The number of nitrogens with zero attached hydrogens (tertiary/aromatic N) is 3. The summed E-state index contributed by atoms with van der Waals surface area (Å²) in [4.78, 5) is 18.7. The second-order valence-corrected chi connectivity index (χ2v) is 6.20. The van der Waals surface area contributed by atoms with Gasteiger partial charge in [-0.15, -0.1) is 0 Å². The van der Waals surface area contributed by atoms with Gasteiger partial charge in [0, 0.05) is 32.4 Å². The van der Waals surface area contributed by atoms with Gasteiger partial charge in [-0.05, 0) is 24.8 Å². The summed E-state index contributed by atoms with van der Waals surface area (Å²) in [7, 11) is 0. The molecule has 1 aliphatic rings. The molecule has 0 unspecified atom stereocenters. The molecule has 2 aromatic rings. The number of hydrogen-bond acceptors (Lipinski definition) is 4. The zero-order chi connectivity index (χ0) is 16.8. The lowest BCUT2D eigenvalue weighted by Crippen LogP contribution is -2.39. The average molecular weight is 325 g/mol. The fraction of sp³-hybridized carbons (Fsp3) is 0.421. The van der Waals surface area contributed by atoms with Gasteiger partial charge in [0.1, 0.15) is 0 Å². The molecule has 0 saturated carbocycles. The molecule has 0 aliphatic carbocycles. The summed E-state index contributed by atoms with van der Waals surface area (Å²) < 4.78 is 5.06. The zero-order valence-electron chi connectivity index (χ0n) is 14.0. The van der Waals surface area contributed by atoms with Crippen molar-refractivity contribution in [3.8, 4) is 0 Å². The van der Waals surface area contributed by atoms with Crippen LogP contribution in [-0.4, -0.2) is 34.0 Å². The van der Waals surface area contributed by atoms with E-state index in [0.717, 1.165) is 37.2 Å². The summed E-state index contributed by atoms with van der Waals surface area (Å²) >= 11 is 0. The van der Waals surface area contributed by atoms with E-state index in [4.69, 9.17) is 4.52 Å². The van der Waals surface area contributed by atoms with Crippen molar-refractivity contribution in [2.75, 3.05) is 13.1 Å². The second-order valence-electron chi connectivity index (χ2n) is 6.20. The molecule has 1 aliphatic heterocycles. The molecule has 5 heteroatoms. The van der Waals surface area contributed by atoms with Gasteiger partial charge in [-0.2, -0.15) is 4.98 Å². The Kier molecular flexibility index (Phi) is 5.41. The maximum atomic E-state index is 12.4. The SMILES string of the molecule is Cc1nc([C@H]2CCCN(C(=O)CC/C=C\c3ccccc3)C2)no1. The third kappa shape index (κ3) is 4.31. The molecule has 1 atom stereocenters. The van der Waals surface area contributed by atoms with Gasteiger partial charge in [-0.25, -0.2) is 0 Å². The summed E-state index contributed by atoms with van der Waals surface area (Å²) in [6.45, 7) is 3.32. The van der Waals surface area contributed by atoms with E-state index in [1.807, 2.05) is 23.1 Å². The van der Waals surface area contributed by atoms with Gasteiger partial charge in [0.05, 0.1) is 0 Å². The average Bonchev–Trinajstić information content (AvgIpc) is 3.06. The first-order valence-corrected chi connectivity index (χ1v) is 8.52. The quantitative estimate of drug-likeness (QED) is 0.843. The van der Waals surface area contributed by atoms with Crippen LogP contribution in [0, 0.1) is 6.92 Å². The van der Waals surface area contributed by atoms with Crippen LogP contribution in [0.2, 0.25) is 0 Å². The minimum absolute atomic E-state index is 0.194. The van der Waals surface area contributed by atoms with Crippen LogP contribution in [0.3, 0.4) is 0 Å². The summed E-state index contributed by atoms with van der Waals surface area (Å²) in [5, 5.41) is 4.01. The molecule has 1 amide bonds. The smallest absolute Gasteiger partial charge is 0.223 e. The number of aryl methyl sites for hydroxylation is 1. The van der Waals surface area contributed by atoms with Crippen molar-refractivity contribution < 1.29 is 9.32 Å². The Hall–Kier alpha value is -2.43. The van der Waals surface area contributed by atoms with Crippen molar-refractivity contribution in [2.24, 2.45) is 0 Å². The van der Waals surface area contributed by atoms with Gasteiger partial charge < -0.3 is 9.42 Å². The number of allylic oxidation sites excluding steroid dienone is 1. The minimum Gasteiger partial charge on any atom is -0.342 e. The number of carbonyl (C=O) groups excluding carboxylic acids is 1. The van der Waals surface area contributed by atoms with E-state index in [-0.39, 0.29) is 11.8 Å². The molecule has 24 heavy (non-hydrogen) atoms. The molecule has 0 spiro atoms.